The van der Waals surface area contributed by atoms with Gasteiger partial charge in [0, 0.05) is 26.4 Å². The highest BCUT2D eigenvalue weighted by Crippen LogP contribution is 2.50. The third-order valence-electron chi connectivity index (χ3n) is 4.08. The lowest BCUT2D eigenvalue weighted by Gasteiger charge is -2.50. The number of ketones is 1. The van der Waals surface area contributed by atoms with Gasteiger partial charge in [-0.3, -0.25) is 4.79 Å². The minimum Gasteiger partial charge on any atom is -0.501 e. The molecule has 124 valence electrons. The summed E-state index contributed by atoms with van der Waals surface area (Å²) in [5, 5.41) is 0. The van der Waals surface area contributed by atoms with E-state index in [2.05, 4.69) is 0 Å². The number of ether oxygens (including phenoxy) is 6. The second kappa shape index (κ2) is 5.43. The molecule has 0 saturated carbocycles. The maximum atomic E-state index is 12.7. The Hall–Kier alpha value is -2.25. The Morgan fingerprint density at radius 2 is 1.78 bits per heavy atom. The number of rotatable bonds is 4. The fourth-order valence-electron chi connectivity index (χ4n) is 2.85. The average molecular weight is 322 g/mol. The second-order valence-corrected chi connectivity index (χ2v) is 5.15. The lowest BCUT2D eigenvalue weighted by atomic mass is 9.89. The molecule has 1 aromatic carbocycles. The van der Waals surface area contributed by atoms with Crippen LogP contribution in [0.4, 0.5) is 0 Å². The van der Waals surface area contributed by atoms with Crippen LogP contribution in [0.15, 0.2) is 30.0 Å². The summed E-state index contributed by atoms with van der Waals surface area (Å²) in [7, 11) is 5.82. The molecule has 0 N–H and O–H groups in total. The second-order valence-electron chi connectivity index (χ2n) is 5.15. The van der Waals surface area contributed by atoms with Crippen LogP contribution in [0.1, 0.15) is 6.42 Å². The fraction of sp³-hybridized carbons (Fsp3) is 0.438. The van der Waals surface area contributed by atoms with Gasteiger partial charge in [-0.15, -0.1) is 0 Å². The number of carbonyl (C=O) groups excluding carboxylic acids is 1. The van der Waals surface area contributed by atoms with E-state index < -0.39 is 17.4 Å². The van der Waals surface area contributed by atoms with Crippen LogP contribution in [-0.4, -0.2) is 45.8 Å². The lowest BCUT2D eigenvalue weighted by molar-refractivity contribution is -0.343. The van der Waals surface area contributed by atoms with E-state index in [1.54, 1.807) is 25.3 Å². The summed E-state index contributed by atoms with van der Waals surface area (Å²) in [5.41, 5.74) is 0. The quantitative estimate of drug-likeness (QED) is 0.834. The van der Waals surface area contributed by atoms with Gasteiger partial charge in [-0.05, 0) is 12.1 Å². The first-order chi connectivity index (χ1) is 11.0. The number of hydrogen-bond acceptors (Lipinski definition) is 7. The Kier molecular flexibility index (Phi) is 3.69. The highest BCUT2D eigenvalue weighted by Gasteiger charge is 2.68. The van der Waals surface area contributed by atoms with E-state index in [1.807, 2.05) is 0 Å². The van der Waals surface area contributed by atoms with Crippen LogP contribution in [0.2, 0.25) is 0 Å². The van der Waals surface area contributed by atoms with Crippen LogP contribution in [0.3, 0.4) is 0 Å². The van der Waals surface area contributed by atoms with Crippen LogP contribution in [0.25, 0.3) is 0 Å². The summed E-state index contributed by atoms with van der Waals surface area (Å²) < 4.78 is 33.3. The van der Waals surface area contributed by atoms with Crippen molar-refractivity contribution in [3.63, 3.8) is 0 Å². The van der Waals surface area contributed by atoms with Crippen molar-refractivity contribution in [2.75, 3.05) is 28.4 Å². The molecule has 0 aromatic heterocycles. The molecule has 0 fully saturated rings. The van der Waals surface area contributed by atoms with Gasteiger partial charge in [0.25, 0.3) is 5.79 Å². The van der Waals surface area contributed by atoms with Gasteiger partial charge in [0.15, 0.2) is 11.5 Å². The molecule has 1 aromatic rings. The number of carbonyl (C=O) groups is 1. The zero-order valence-corrected chi connectivity index (χ0v) is 13.4. The molecule has 0 unspecified atom stereocenters. The maximum Gasteiger partial charge on any atom is 0.342 e. The van der Waals surface area contributed by atoms with Crippen molar-refractivity contribution in [3.05, 3.63) is 30.0 Å². The molecule has 23 heavy (non-hydrogen) atoms. The fourth-order valence-corrected chi connectivity index (χ4v) is 2.85. The van der Waals surface area contributed by atoms with Gasteiger partial charge in [-0.25, -0.2) is 0 Å². The van der Waals surface area contributed by atoms with Crippen molar-refractivity contribution < 1.29 is 33.2 Å². The summed E-state index contributed by atoms with van der Waals surface area (Å²) in [5.74, 6) is -1.94. The van der Waals surface area contributed by atoms with Gasteiger partial charge >= 0.3 is 5.79 Å². The molecule has 0 bridgehead atoms. The topological polar surface area (TPSA) is 72.5 Å². The summed E-state index contributed by atoms with van der Waals surface area (Å²) in [6.07, 6.45) is 1.48. The summed E-state index contributed by atoms with van der Waals surface area (Å²) in [6, 6.07) is 5.01. The Morgan fingerprint density at radius 1 is 1.00 bits per heavy atom. The van der Waals surface area contributed by atoms with Crippen molar-refractivity contribution in [2.24, 2.45) is 0 Å². The molecule has 3 rings (SSSR count). The van der Waals surface area contributed by atoms with E-state index in [0.29, 0.717) is 23.0 Å². The van der Waals surface area contributed by atoms with Crippen LogP contribution < -0.4 is 14.2 Å². The third kappa shape index (κ3) is 2.08. The molecule has 1 aliphatic heterocycles. The van der Waals surface area contributed by atoms with Gasteiger partial charge in [-0.1, -0.05) is 0 Å². The number of fused-ring (bicyclic) bond motifs is 2. The van der Waals surface area contributed by atoms with Crippen LogP contribution in [-0.2, 0) is 19.0 Å². The van der Waals surface area contributed by atoms with E-state index in [4.69, 9.17) is 28.4 Å². The summed E-state index contributed by atoms with van der Waals surface area (Å²) in [6.45, 7) is 0. The van der Waals surface area contributed by atoms with Crippen molar-refractivity contribution in [2.45, 2.75) is 18.0 Å². The van der Waals surface area contributed by atoms with Crippen LogP contribution in [0.5, 0.6) is 17.2 Å². The molecular formula is C16H18O7. The highest BCUT2D eigenvalue weighted by atomic mass is 16.8. The molecule has 7 nitrogen and oxygen atoms in total. The monoisotopic (exact) mass is 322 g/mol. The van der Waals surface area contributed by atoms with Crippen molar-refractivity contribution in [1.82, 2.24) is 0 Å². The Balaban J connectivity index is 2.15. The first-order valence-electron chi connectivity index (χ1n) is 6.99. The van der Waals surface area contributed by atoms with Gasteiger partial charge < -0.3 is 28.4 Å². The first-order valence-corrected chi connectivity index (χ1v) is 6.99. The van der Waals surface area contributed by atoms with Gasteiger partial charge in [0.1, 0.15) is 11.5 Å². The van der Waals surface area contributed by atoms with Crippen molar-refractivity contribution in [3.8, 4) is 17.2 Å². The zero-order chi connectivity index (χ0) is 16.7. The number of hydrogen-bond donors (Lipinski definition) is 0. The molecule has 1 aliphatic carbocycles. The predicted molar refractivity (Wildman–Crippen MR) is 78.4 cm³/mol. The maximum absolute atomic E-state index is 12.7. The SMILES string of the molecule is COC1=CC(=O)[C@]2(OC)Oc3ccc(OC)cc3O[C@@]2(OC)C1. The number of methoxy groups -OCH3 is 4. The van der Waals surface area contributed by atoms with Crippen LogP contribution >= 0.6 is 0 Å². The number of benzene rings is 1. The van der Waals surface area contributed by atoms with Crippen molar-refractivity contribution >= 4 is 5.78 Å². The van der Waals surface area contributed by atoms with Crippen LogP contribution in [0, 0.1) is 0 Å². The third-order valence-corrected chi connectivity index (χ3v) is 4.08. The van der Waals surface area contributed by atoms with E-state index >= 15 is 0 Å². The molecule has 0 spiro atoms. The Morgan fingerprint density at radius 3 is 2.39 bits per heavy atom. The molecule has 1 heterocycles. The molecule has 2 aliphatic rings. The van der Waals surface area contributed by atoms with Crippen molar-refractivity contribution in [1.29, 1.82) is 0 Å². The molecule has 0 saturated heterocycles. The predicted octanol–water partition coefficient (Wildman–Crippen LogP) is 1.65. The summed E-state index contributed by atoms with van der Waals surface area (Å²) >= 11 is 0. The minimum atomic E-state index is -1.74. The normalized spacial score (nSPS) is 28.7. The van der Waals surface area contributed by atoms with E-state index in [0.717, 1.165) is 0 Å². The summed E-state index contributed by atoms with van der Waals surface area (Å²) in [4.78, 5) is 12.7. The highest BCUT2D eigenvalue weighted by molar-refractivity contribution is 5.99. The Labute approximate surface area is 133 Å². The molecule has 2 atom stereocenters. The lowest BCUT2D eigenvalue weighted by Crippen LogP contribution is -2.70. The zero-order valence-electron chi connectivity index (χ0n) is 13.4. The van der Waals surface area contributed by atoms with Gasteiger partial charge in [-0.2, -0.15) is 0 Å². The molecule has 0 amide bonds. The van der Waals surface area contributed by atoms with Gasteiger partial charge in [0.2, 0.25) is 5.78 Å². The molecule has 0 radical (unpaired) electrons. The first kappa shape index (κ1) is 15.6. The average Bonchev–Trinajstić information content (AvgIpc) is 2.59. The minimum absolute atomic E-state index is 0.149. The molecule has 7 heteroatoms. The Bertz CT molecular complexity index is 668. The van der Waals surface area contributed by atoms with E-state index in [-0.39, 0.29) is 6.42 Å². The van der Waals surface area contributed by atoms with Gasteiger partial charge in [0.05, 0.1) is 20.6 Å². The van der Waals surface area contributed by atoms with E-state index in [1.165, 1.54) is 27.4 Å². The standard InChI is InChI=1S/C16H18O7/c1-18-10-5-6-12-13(7-10)22-15(20-3)9-11(19-2)8-14(17)16(15,21-4)23-12/h5-8H,9H2,1-4H3/t15-,16-/m0/s1. The smallest absolute Gasteiger partial charge is 0.342 e. The molecular weight excluding hydrogens is 304 g/mol. The largest absolute Gasteiger partial charge is 0.501 e. The van der Waals surface area contributed by atoms with E-state index in [9.17, 15) is 4.79 Å².